The zero-order chi connectivity index (χ0) is 40.6. The summed E-state index contributed by atoms with van der Waals surface area (Å²) in [6.45, 7) is 5.22. The summed E-state index contributed by atoms with van der Waals surface area (Å²) >= 11 is 0. The molecule has 0 aromatic rings. The van der Waals surface area contributed by atoms with Crippen LogP contribution >= 0.6 is 7.82 Å². The molecule has 0 rings (SSSR count). The van der Waals surface area contributed by atoms with Crippen molar-refractivity contribution >= 4 is 13.8 Å². The highest BCUT2D eigenvalue weighted by atomic mass is 31.2. The molecule has 0 aromatic carbocycles. The van der Waals surface area contributed by atoms with Crippen molar-refractivity contribution in [3.63, 3.8) is 0 Å². The lowest BCUT2D eigenvalue weighted by Gasteiger charge is -2.28. The van der Waals surface area contributed by atoms with Crippen molar-refractivity contribution in [2.24, 2.45) is 0 Å². The summed E-state index contributed by atoms with van der Waals surface area (Å²) in [5.74, 6) is -0.390. The molecule has 0 N–H and O–H groups in total. The average Bonchev–Trinajstić information content (AvgIpc) is 3.13. The molecular weight excluding hydrogens is 709 g/mol. The van der Waals surface area contributed by atoms with E-state index in [4.69, 9.17) is 18.5 Å². The number of hydrogen-bond acceptors (Lipinski definition) is 7. The Morgan fingerprint density at radius 2 is 1.04 bits per heavy atom. The van der Waals surface area contributed by atoms with Crippen molar-refractivity contribution in [3.8, 4) is 0 Å². The largest absolute Gasteiger partial charge is 0.756 e. The van der Waals surface area contributed by atoms with Crippen LogP contribution in [0.2, 0.25) is 0 Å². The summed E-state index contributed by atoms with van der Waals surface area (Å²) in [6, 6.07) is 0. The maximum atomic E-state index is 12.7. The van der Waals surface area contributed by atoms with Gasteiger partial charge in [-0.05, 0) is 51.4 Å². The number of esters is 1. The standard InChI is InChI=1S/C46H84NO7P/c1-6-8-10-12-14-16-18-20-22-24-25-27-29-31-33-35-37-39-46(48)54-45(44-53-55(49,50)52-42-40-47(3,4)5)43-51-41-38-36-34-32-30-28-26-23-21-19-17-15-13-11-9-7-2/h8,10,14,16,20,22,25,27,31,33,45H,6-7,9,11-13,15,17-19,21,23-24,26,28-30,32,34-44H2,1-5H3/b10-8-,16-14-,22-20-,27-25-,33-31-. The van der Waals surface area contributed by atoms with Gasteiger partial charge in [-0.3, -0.25) is 9.36 Å². The molecule has 0 aliphatic carbocycles. The van der Waals surface area contributed by atoms with Gasteiger partial charge in [0.25, 0.3) is 7.82 Å². The first-order valence-electron chi connectivity index (χ1n) is 22.0. The summed E-state index contributed by atoms with van der Waals surface area (Å²) in [4.78, 5) is 25.0. The first-order chi connectivity index (χ1) is 26.6. The second-order valence-electron chi connectivity index (χ2n) is 15.7. The van der Waals surface area contributed by atoms with E-state index in [1.165, 1.54) is 89.9 Å². The minimum atomic E-state index is -4.54. The number of allylic oxidation sites excluding steroid dienone is 10. The minimum Gasteiger partial charge on any atom is -0.756 e. The van der Waals surface area contributed by atoms with Crippen LogP contribution in [-0.2, 0) is 27.9 Å². The van der Waals surface area contributed by atoms with E-state index in [1.54, 1.807) is 0 Å². The molecule has 2 atom stereocenters. The maximum Gasteiger partial charge on any atom is 0.306 e. The predicted molar refractivity (Wildman–Crippen MR) is 231 cm³/mol. The molecule has 55 heavy (non-hydrogen) atoms. The molecular formula is C46H84NO7P. The summed E-state index contributed by atoms with van der Waals surface area (Å²) in [6.07, 6.45) is 48.1. The summed E-state index contributed by atoms with van der Waals surface area (Å²) in [7, 11) is 1.32. The molecule has 0 saturated heterocycles. The van der Waals surface area contributed by atoms with E-state index in [-0.39, 0.29) is 26.2 Å². The number of nitrogens with zero attached hydrogens (tertiary/aromatic N) is 1. The summed E-state index contributed by atoms with van der Waals surface area (Å²) in [5.41, 5.74) is 0. The molecule has 0 heterocycles. The quantitative estimate of drug-likeness (QED) is 0.0200. The number of likely N-dealkylation sites (N-methyl/N-ethyl adjacent to an activating group) is 1. The Bertz CT molecular complexity index is 1060. The Kier molecular flexibility index (Phi) is 37.8. The number of quaternary nitrogens is 1. The number of unbranched alkanes of at least 4 members (excludes halogenated alkanes) is 16. The third-order valence-electron chi connectivity index (χ3n) is 9.08. The van der Waals surface area contributed by atoms with Gasteiger partial charge in [0.05, 0.1) is 34.4 Å². The molecule has 0 saturated carbocycles. The number of carbonyl (C=O) groups excluding carboxylic acids is 1. The van der Waals surface area contributed by atoms with Gasteiger partial charge in [-0.2, -0.15) is 0 Å². The number of carbonyl (C=O) groups is 1. The smallest absolute Gasteiger partial charge is 0.306 e. The van der Waals surface area contributed by atoms with Crippen molar-refractivity contribution in [2.75, 3.05) is 54.1 Å². The topological polar surface area (TPSA) is 94.1 Å². The van der Waals surface area contributed by atoms with Crippen LogP contribution in [0.1, 0.15) is 168 Å². The van der Waals surface area contributed by atoms with Gasteiger partial charge >= 0.3 is 5.97 Å². The molecule has 0 radical (unpaired) electrons. The van der Waals surface area contributed by atoms with Crippen LogP contribution in [0.4, 0.5) is 0 Å². The van der Waals surface area contributed by atoms with Crippen LogP contribution in [0.5, 0.6) is 0 Å². The highest BCUT2D eigenvalue weighted by Crippen LogP contribution is 2.38. The second-order valence-corrected chi connectivity index (χ2v) is 17.1. The van der Waals surface area contributed by atoms with Gasteiger partial charge in [-0.15, -0.1) is 0 Å². The van der Waals surface area contributed by atoms with Gasteiger partial charge in [0.15, 0.2) is 0 Å². The Balaban J connectivity index is 4.33. The zero-order valence-electron chi connectivity index (χ0n) is 36.1. The second kappa shape index (κ2) is 39.0. The Labute approximate surface area is 339 Å². The number of hydrogen-bond donors (Lipinski definition) is 0. The Hall–Kier alpha value is -1.80. The third kappa shape index (κ3) is 43.2. The maximum absolute atomic E-state index is 12.7. The monoisotopic (exact) mass is 794 g/mol. The van der Waals surface area contributed by atoms with Crippen molar-refractivity contribution in [1.82, 2.24) is 0 Å². The van der Waals surface area contributed by atoms with E-state index in [2.05, 4.69) is 74.6 Å². The Morgan fingerprint density at radius 1 is 0.582 bits per heavy atom. The van der Waals surface area contributed by atoms with E-state index in [0.29, 0.717) is 24.1 Å². The molecule has 9 heteroatoms. The van der Waals surface area contributed by atoms with Gasteiger partial charge in [0.1, 0.15) is 19.3 Å². The number of ether oxygens (including phenoxy) is 2. The molecule has 0 bridgehead atoms. The number of phosphoric acid groups is 1. The molecule has 320 valence electrons. The van der Waals surface area contributed by atoms with E-state index in [1.807, 2.05) is 21.1 Å². The first-order valence-corrected chi connectivity index (χ1v) is 23.5. The van der Waals surface area contributed by atoms with E-state index >= 15 is 0 Å². The highest BCUT2D eigenvalue weighted by Gasteiger charge is 2.20. The fourth-order valence-corrected chi connectivity index (χ4v) is 6.43. The molecule has 8 nitrogen and oxygen atoms in total. The van der Waals surface area contributed by atoms with Gasteiger partial charge in [-0.25, -0.2) is 0 Å². The predicted octanol–water partition coefficient (Wildman–Crippen LogP) is 12.3. The molecule has 0 spiro atoms. The number of phosphoric ester groups is 1. The molecule has 2 unspecified atom stereocenters. The summed E-state index contributed by atoms with van der Waals surface area (Å²) in [5, 5.41) is 0. The Morgan fingerprint density at radius 3 is 1.51 bits per heavy atom. The van der Waals surface area contributed by atoms with E-state index < -0.39 is 19.9 Å². The molecule has 0 aromatic heterocycles. The van der Waals surface area contributed by atoms with Crippen molar-refractivity contribution < 1.29 is 37.3 Å². The number of rotatable bonds is 40. The molecule has 0 aliphatic rings. The fraction of sp³-hybridized carbons (Fsp3) is 0.761. The van der Waals surface area contributed by atoms with Crippen molar-refractivity contribution in [1.29, 1.82) is 0 Å². The lowest BCUT2D eigenvalue weighted by Crippen LogP contribution is -2.37. The van der Waals surface area contributed by atoms with Crippen molar-refractivity contribution in [2.45, 2.75) is 174 Å². The fourth-order valence-electron chi connectivity index (χ4n) is 5.70. The lowest BCUT2D eigenvalue weighted by molar-refractivity contribution is -0.870. The molecule has 0 aliphatic heterocycles. The first kappa shape index (κ1) is 53.2. The molecule has 0 amide bonds. The van der Waals surface area contributed by atoms with Crippen LogP contribution in [0.25, 0.3) is 0 Å². The van der Waals surface area contributed by atoms with Crippen LogP contribution < -0.4 is 4.89 Å². The van der Waals surface area contributed by atoms with Gasteiger partial charge in [0.2, 0.25) is 0 Å². The zero-order valence-corrected chi connectivity index (χ0v) is 37.0. The van der Waals surface area contributed by atoms with E-state index in [9.17, 15) is 14.3 Å². The minimum absolute atomic E-state index is 0.0142. The van der Waals surface area contributed by atoms with Crippen LogP contribution in [0.3, 0.4) is 0 Å². The van der Waals surface area contributed by atoms with Gasteiger partial charge in [-0.1, -0.05) is 171 Å². The van der Waals surface area contributed by atoms with E-state index in [0.717, 1.165) is 51.4 Å². The summed E-state index contributed by atoms with van der Waals surface area (Å²) < 4.78 is 34.5. The van der Waals surface area contributed by atoms with Crippen LogP contribution in [-0.4, -0.2) is 70.7 Å². The van der Waals surface area contributed by atoms with Crippen LogP contribution in [0.15, 0.2) is 60.8 Å². The average molecular weight is 794 g/mol. The van der Waals surface area contributed by atoms with Crippen molar-refractivity contribution in [3.05, 3.63) is 60.8 Å². The van der Waals surface area contributed by atoms with Gasteiger partial charge < -0.3 is 27.9 Å². The SMILES string of the molecule is CC/C=C\C/C=C\C/C=C\C/C=C\C/C=C\CCCC(=O)OC(COCCCCCCCCCCCCCCCCCC)COP(=O)([O-])OCC[N+](C)(C)C. The van der Waals surface area contributed by atoms with Gasteiger partial charge in [0, 0.05) is 13.0 Å². The third-order valence-corrected chi connectivity index (χ3v) is 10.0. The lowest BCUT2D eigenvalue weighted by atomic mass is 10.0. The highest BCUT2D eigenvalue weighted by molar-refractivity contribution is 7.45. The molecule has 0 fully saturated rings. The van der Waals surface area contributed by atoms with Crippen LogP contribution in [0, 0.1) is 0 Å². The normalized spacial score (nSPS) is 14.4.